The molecule has 10 heteroatoms. The molecule has 0 spiro atoms. The molecule has 1 rings (SSSR count). The Labute approximate surface area is 180 Å². The highest BCUT2D eigenvalue weighted by atomic mass is 127. The molecule has 0 fully saturated rings. The maximum Gasteiger partial charge on any atom is 0.387 e. The van der Waals surface area contributed by atoms with Crippen LogP contribution in [0.1, 0.15) is 11.1 Å². The van der Waals surface area contributed by atoms with Crippen LogP contribution in [0.2, 0.25) is 0 Å². The third-order valence-corrected chi connectivity index (χ3v) is 3.96. The number of hydrogen-bond donors (Lipinski definition) is 2. The zero-order chi connectivity index (χ0) is 19.5. The Bertz CT molecular complexity index is 619. The van der Waals surface area contributed by atoms with Gasteiger partial charge in [0.1, 0.15) is 5.75 Å². The summed E-state index contributed by atoms with van der Waals surface area (Å²) in [5, 5.41) is 6.07. The van der Waals surface area contributed by atoms with Crippen molar-refractivity contribution in [3.63, 3.8) is 0 Å². The molecule has 2 N–H and O–H groups in total. The molecule has 1 aromatic rings. The molecule has 0 atom stereocenters. The second kappa shape index (κ2) is 13.8. The van der Waals surface area contributed by atoms with E-state index in [1.807, 2.05) is 13.2 Å². The second-order valence-corrected chi connectivity index (χ2v) is 6.70. The number of hydrogen-bond acceptors (Lipinski definition) is 4. The Morgan fingerprint density at radius 1 is 1.33 bits per heavy atom. The Balaban J connectivity index is 0.00000676. The zero-order valence-corrected chi connectivity index (χ0v) is 19.1. The van der Waals surface area contributed by atoms with Gasteiger partial charge in [-0.3, -0.25) is 4.79 Å². The molecule has 1 aromatic carbocycles. The number of amides is 1. The number of nitrogens with zero attached hydrogens (tertiary/aromatic N) is 2. The average molecular weight is 516 g/mol. The summed E-state index contributed by atoms with van der Waals surface area (Å²) in [5.74, 6) is 1.31. The molecule has 0 radical (unpaired) electrons. The molecule has 0 saturated carbocycles. The van der Waals surface area contributed by atoms with Crippen LogP contribution in [-0.4, -0.2) is 62.6 Å². The summed E-state index contributed by atoms with van der Waals surface area (Å²) in [6.07, 6.45) is 1.99. The summed E-state index contributed by atoms with van der Waals surface area (Å²) >= 11 is 1.67. The molecule has 0 aliphatic rings. The first kappa shape index (κ1) is 25.7. The third-order valence-electron chi connectivity index (χ3n) is 3.34. The van der Waals surface area contributed by atoms with Gasteiger partial charge >= 0.3 is 6.61 Å². The number of alkyl halides is 2. The number of guanidine groups is 1. The van der Waals surface area contributed by atoms with Gasteiger partial charge in [0.25, 0.3) is 0 Å². The predicted molar refractivity (Wildman–Crippen MR) is 117 cm³/mol. The van der Waals surface area contributed by atoms with Crippen LogP contribution in [0.5, 0.6) is 5.75 Å². The van der Waals surface area contributed by atoms with Gasteiger partial charge < -0.3 is 20.3 Å². The highest BCUT2D eigenvalue weighted by molar-refractivity contribution is 14.0. The fourth-order valence-electron chi connectivity index (χ4n) is 1.97. The number of nitrogens with one attached hydrogen (secondary N) is 2. The van der Waals surface area contributed by atoms with E-state index in [-0.39, 0.29) is 48.7 Å². The number of halogens is 3. The lowest BCUT2D eigenvalue weighted by Gasteiger charge is -2.15. The van der Waals surface area contributed by atoms with Crippen LogP contribution < -0.4 is 15.4 Å². The lowest BCUT2D eigenvalue weighted by Crippen LogP contribution is -2.43. The van der Waals surface area contributed by atoms with Crippen molar-refractivity contribution in [3.05, 3.63) is 29.3 Å². The summed E-state index contributed by atoms with van der Waals surface area (Å²) in [6.45, 7) is -0.126. The van der Waals surface area contributed by atoms with E-state index in [1.165, 1.54) is 11.0 Å². The second-order valence-electron chi connectivity index (χ2n) is 5.72. The van der Waals surface area contributed by atoms with Gasteiger partial charge in [0.2, 0.25) is 5.91 Å². The van der Waals surface area contributed by atoms with E-state index in [1.54, 1.807) is 38.0 Å². The molecule has 0 saturated heterocycles. The van der Waals surface area contributed by atoms with E-state index in [0.29, 0.717) is 18.1 Å². The van der Waals surface area contributed by atoms with Crippen LogP contribution in [0, 0.1) is 6.92 Å². The molecule has 154 valence electrons. The maximum atomic E-state index is 12.6. The number of thioether (sulfide) groups is 1. The lowest BCUT2D eigenvalue weighted by atomic mass is 10.1. The van der Waals surface area contributed by atoms with Crippen molar-refractivity contribution in [2.75, 3.05) is 39.2 Å². The quantitative estimate of drug-likeness (QED) is 0.229. The number of carbonyl (C=O) groups excluding carboxylic acids is 1. The SMILES string of the molecule is CSCCNC(=NCc1cc(C)ccc1OC(F)F)NCC(=O)N(C)C.I. The molecule has 0 aliphatic heterocycles. The van der Waals surface area contributed by atoms with Crippen molar-refractivity contribution in [1.82, 2.24) is 15.5 Å². The number of carbonyl (C=O) groups is 1. The molecule has 6 nitrogen and oxygen atoms in total. The van der Waals surface area contributed by atoms with Gasteiger partial charge in [-0.2, -0.15) is 20.5 Å². The fraction of sp³-hybridized carbons (Fsp3) is 0.529. The molecular formula is C17H27F2IN4O2S. The highest BCUT2D eigenvalue weighted by Gasteiger charge is 2.11. The number of ether oxygens (including phenoxy) is 1. The van der Waals surface area contributed by atoms with Crippen LogP contribution in [0.15, 0.2) is 23.2 Å². The van der Waals surface area contributed by atoms with Gasteiger partial charge in [-0.25, -0.2) is 4.99 Å². The van der Waals surface area contributed by atoms with Crippen LogP contribution >= 0.6 is 35.7 Å². The minimum atomic E-state index is -2.89. The van der Waals surface area contributed by atoms with E-state index < -0.39 is 6.61 Å². The lowest BCUT2D eigenvalue weighted by molar-refractivity contribution is -0.127. The molecule has 1 amide bonds. The molecule has 0 bridgehead atoms. The van der Waals surface area contributed by atoms with Crippen LogP contribution in [0.4, 0.5) is 8.78 Å². The minimum absolute atomic E-state index is 0. The van der Waals surface area contributed by atoms with E-state index in [9.17, 15) is 13.6 Å². The summed E-state index contributed by atoms with van der Waals surface area (Å²) in [6, 6.07) is 4.97. The van der Waals surface area contributed by atoms with Gasteiger partial charge in [-0.15, -0.1) is 24.0 Å². The van der Waals surface area contributed by atoms with Gasteiger partial charge in [0.15, 0.2) is 5.96 Å². The Morgan fingerprint density at radius 2 is 2.04 bits per heavy atom. The third kappa shape index (κ3) is 10.6. The Morgan fingerprint density at radius 3 is 2.63 bits per heavy atom. The number of aryl methyl sites for hydroxylation is 1. The van der Waals surface area contributed by atoms with E-state index in [2.05, 4.69) is 20.4 Å². The van der Waals surface area contributed by atoms with Crippen LogP contribution in [-0.2, 0) is 11.3 Å². The normalized spacial score (nSPS) is 11.0. The monoisotopic (exact) mass is 516 g/mol. The number of likely N-dealkylation sites (N-methyl/N-ethyl adjacent to an activating group) is 1. The van der Waals surface area contributed by atoms with Gasteiger partial charge in [-0.1, -0.05) is 17.7 Å². The Kier molecular flexibility index (Phi) is 13.1. The first-order chi connectivity index (χ1) is 12.3. The Hall–Kier alpha value is -1.30. The van der Waals surface area contributed by atoms with Gasteiger partial charge in [0, 0.05) is 32.0 Å². The molecule has 0 aliphatic carbocycles. The van der Waals surface area contributed by atoms with Crippen LogP contribution in [0.3, 0.4) is 0 Å². The number of benzene rings is 1. The summed E-state index contributed by atoms with van der Waals surface area (Å²) in [7, 11) is 3.34. The maximum absolute atomic E-state index is 12.6. The van der Waals surface area contributed by atoms with Crippen molar-refractivity contribution < 1.29 is 18.3 Å². The van der Waals surface area contributed by atoms with E-state index in [0.717, 1.165) is 11.3 Å². The fourth-order valence-corrected chi connectivity index (χ4v) is 2.28. The highest BCUT2D eigenvalue weighted by Crippen LogP contribution is 2.22. The van der Waals surface area contributed by atoms with E-state index in [4.69, 9.17) is 0 Å². The van der Waals surface area contributed by atoms with Crippen molar-refractivity contribution in [1.29, 1.82) is 0 Å². The molecule has 27 heavy (non-hydrogen) atoms. The molecular weight excluding hydrogens is 489 g/mol. The molecule has 0 aromatic heterocycles. The summed E-state index contributed by atoms with van der Waals surface area (Å²) < 4.78 is 29.7. The number of rotatable bonds is 9. The van der Waals surface area contributed by atoms with Crippen molar-refractivity contribution >= 4 is 47.6 Å². The largest absolute Gasteiger partial charge is 0.434 e. The first-order valence-electron chi connectivity index (χ1n) is 8.09. The van der Waals surface area contributed by atoms with E-state index >= 15 is 0 Å². The number of aliphatic imine (C=N–C) groups is 1. The van der Waals surface area contributed by atoms with Gasteiger partial charge in [0.05, 0.1) is 13.1 Å². The molecule has 0 heterocycles. The topological polar surface area (TPSA) is 66.0 Å². The van der Waals surface area contributed by atoms with Crippen molar-refractivity contribution in [3.8, 4) is 5.75 Å². The van der Waals surface area contributed by atoms with Crippen LogP contribution in [0.25, 0.3) is 0 Å². The van der Waals surface area contributed by atoms with Gasteiger partial charge in [-0.05, 0) is 19.2 Å². The average Bonchev–Trinajstić information content (AvgIpc) is 2.58. The zero-order valence-electron chi connectivity index (χ0n) is 15.9. The standard InChI is InChI=1S/C17H26F2N4O2S.HI/c1-12-5-6-14(25-16(18)19)13(9-12)10-21-17(20-7-8-26-4)22-11-15(24)23(2)3;/h5-6,9,16H,7-8,10-11H2,1-4H3,(H2,20,21,22);1H. The predicted octanol–water partition coefficient (Wildman–Crippen LogP) is 2.70. The van der Waals surface area contributed by atoms with Crippen molar-refractivity contribution in [2.45, 2.75) is 20.1 Å². The van der Waals surface area contributed by atoms with Crippen molar-refractivity contribution in [2.24, 2.45) is 4.99 Å². The summed E-state index contributed by atoms with van der Waals surface area (Å²) in [4.78, 5) is 17.6. The first-order valence-corrected chi connectivity index (χ1v) is 9.48. The summed E-state index contributed by atoms with van der Waals surface area (Å²) in [5.41, 5.74) is 1.47. The minimum Gasteiger partial charge on any atom is -0.434 e. The molecule has 0 unspecified atom stereocenters. The smallest absolute Gasteiger partial charge is 0.387 e.